The largest absolute Gasteiger partial charge is 0.462 e. The number of benzene rings is 2. The van der Waals surface area contributed by atoms with Crippen LogP contribution in [0.25, 0.3) is 11.0 Å². The number of esters is 2. The maximum Gasteiger partial charge on any atom is 0.347 e. The van der Waals surface area contributed by atoms with E-state index in [2.05, 4.69) is 4.98 Å². The van der Waals surface area contributed by atoms with Crippen molar-refractivity contribution < 1.29 is 28.2 Å². The molecule has 10 heteroatoms. The summed E-state index contributed by atoms with van der Waals surface area (Å²) in [6, 6.07) is 13.7. The average Bonchev–Trinajstić information content (AvgIpc) is 2.92. The van der Waals surface area contributed by atoms with Crippen LogP contribution in [0.3, 0.4) is 0 Å². The highest BCUT2D eigenvalue weighted by Crippen LogP contribution is 2.29. The molecule has 4 rings (SSSR count). The SMILES string of the molecule is CCOC(=O)c1c(OC(=O)c2ccccc2)c2ncc(Cc3ccc(F)cc3C(=O)N(C)C)cc2n(C)c1=O. The molecule has 2 aromatic carbocycles. The number of pyridine rings is 2. The third-order valence-electron chi connectivity index (χ3n) is 6.03. The minimum atomic E-state index is -0.945. The number of amides is 1. The summed E-state index contributed by atoms with van der Waals surface area (Å²) in [4.78, 5) is 57.4. The number of ether oxygens (including phenoxy) is 2. The number of carbonyl (C=O) groups is 3. The second kappa shape index (κ2) is 11.3. The van der Waals surface area contributed by atoms with Crippen LogP contribution in [0.5, 0.6) is 5.75 Å². The predicted molar refractivity (Wildman–Crippen MR) is 142 cm³/mol. The Morgan fingerprint density at radius 1 is 1.03 bits per heavy atom. The van der Waals surface area contributed by atoms with Gasteiger partial charge in [-0.2, -0.15) is 0 Å². The predicted octanol–water partition coefficient (Wildman–Crippen LogP) is 3.76. The third kappa shape index (κ3) is 5.54. The van der Waals surface area contributed by atoms with Crippen molar-refractivity contribution in [1.82, 2.24) is 14.5 Å². The summed E-state index contributed by atoms with van der Waals surface area (Å²) in [5.41, 5.74) is 0.758. The van der Waals surface area contributed by atoms with Crippen LogP contribution in [0.2, 0.25) is 0 Å². The van der Waals surface area contributed by atoms with Crippen molar-refractivity contribution >= 4 is 28.9 Å². The summed E-state index contributed by atoms with van der Waals surface area (Å²) in [6.07, 6.45) is 1.68. The summed E-state index contributed by atoms with van der Waals surface area (Å²) in [7, 11) is 4.61. The van der Waals surface area contributed by atoms with Crippen molar-refractivity contribution in [3.8, 4) is 5.75 Å². The van der Waals surface area contributed by atoms with Gasteiger partial charge in [-0.15, -0.1) is 0 Å². The molecule has 2 heterocycles. The molecule has 200 valence electrons. The van der Waals surface area contributed by atoms with Crippen LogP contribution >= 0.6 is 0 Å². The number of aromatic nitrogens is 2. The lowest BCUT2D eigenvalue weighted by atomic mass is 9.99. The van der Waals surface area contributed by atoms with Gasteiger partial charge in [-0.05, 0) is 54.8 Å². The zero-order chi connectivity index (χ0) is 28.3. The van der Waals surface area contributed by atoms with Gasteiger partial charge in [0, 0.05) is 32.9 Å². The Kier molecular flexibility index (Phi) is 7.85. The van der Waals surface area contributed by atoms with Gasteiger partial charge in [-0.1, -0.05) is 24.3 Å². The number of hydrogen-bond donors (Lipinski definition) is 0. The molecule has 1 amide bonds. The molecule has 9 nitrogen and oxygen atoms in total. The van der Waals surface area contributed by atoms with Crippen LogP contribution in [0.4, 0.5) is 4.39 Å². The highest BCUT2D eigenvalue weighted by molar-refractivity contribution is 6.01. The Hall–Kier alpha value is -4.86. The van der Waals surface area contributed by atoms with Gasteiger partial charge in [0.05, 0.1) is 17.7 Å². The Morgan fingerprint density at radius 2 is 1.74 bits per heavy atom. The third-order valence-corrected chi connectivity index (χ3v) is 6.03. The Bertz CT molecular complexity index is 1650. The molecular weight excluding hydrogens is 505 g/mol. The Labute approximate surface area is 223 Å². The first-order valence-corrected chi connectivity index (χ1v) is 12.1. The highest BCUT2D eigenvalue weighted by Gasteiger charge is 2.27. The molecule has 2 aromatic heterocycles. The van der Waals surface area contributed by atoms with Gasteiger partial charge in [0.2, 0.25) is 0 Å². The molecule has 0 aliphatic carbocycles. The van der Waals surface area contributed by atoms with Gasteiger partial charge in [0.1, 0.15) is 11.3 Å². The lowest BCUT2D eigenvalue weighted by Gasteiger charge is -2.16. The molecule has 0 spiro atoms. The summed E-state index contributed by atoms with van der Waals surface area (Å²) in [5, 5.41) is 0. The number of fused-ring (bicyclic) bond motifs is 1. The van der Waals surface area contributed by atoms with Crippen molar-refractivity contribution in [1.29, 1.82) is 0 Å². The summed E-state index contributed by atoms with van der Waals surface area (Å²) in [5.74, 6) is -2.93. The Balaban J connectivity index is 1.85. The van der Waals surface area contributed by atoms with E-state index in [9.17, 15) is 23.6 Å². The molecule has 4 aromatic rings. The topological polar surface area (TPSA) is 108 Å². The normalized spacial score (nSPS) is 10.8. The van der Waals surface area contributed by atoms with E-state index in [-0.39, 0.29) is 46.8 Å². The molecule has 0 fully saturated rings. The van der Waals surface area contributed by atoms with Crippen molar-refractivity contribution in [3.05, 3.63) is 105 Å². The fourth-order valence-electron chi connectivity index (χ4n) is 4.09. The number of hydrogen-bond acceptors (Lipinski definition) is 7. The molecule has 0 aliphatic heterocycles. The van der Waals surface area contributed by atoms with Crippen molar-refractivity contribution in [2.75, 3.05) is 20.7 Å². The van der Waals surface area contributed by atoms with Crippen molar-refractivity contribution in [2.24, 2.45) is 7.05 Å². The number of aryl methyl sites for hydroxylation is 1. The van der Waals surface area contributed by atoms with Crippen molar-refractivity contribution in [3.63, 3.8) is 0 Å². The quantitative estimate of drug-likeness (QED) is 0.334. The second-order valence-electron chi connectivity index (χ2n) is 8.93. The number of rotatable bonds is 7. The van der Waals surface area contributed by atoms with Crippen molar-refractivity contribution in [2.45, 2.75) is 13.3 Å². The molecule has 0 bridgehead atoms. The van der Waals surface area contributed by atoms with E-state index in [1.807, 2.05) is 0 Å². The molecule has 0 saturated carbocycles. The molecule has 0 atom stereocenters. The second-order valence-corrected chi connectivity index (χ2v) is 8.93. The molecule has 39 heavy (non-hydrogen) atoms. The van der Waals surface area contributed by atoms with Gasteiger partial charge in [0.15, 0.2) is 11.3 Å². The fourth-order valence-corrected chi connectivity index (χ4v) is 4.09. The molecule has 0 saturated heterocycles. The van der Waals surface area contributed by atoms with Gasteiger partial charge >= 0.3 is 11.9 Å². The van der Waals surface area contributed by atoms with Gasteiger partial charge in [-0.25, -0.2) is 14.0 Å². The zero-order valence-electron chi connectivity index (χ0n) is 21.9. The lowest BCUT2D eigenvalue weighted by molar-refractivity contribution is 0.0518. The average molecular weight is 532 g/mol. The van der Waals surface area contributed by atoms with Crippen LogP contribution in [0.15, 0.2) is 65.6 Å². The van der Waals surface area contributed by atoms with E-state index in [1.54, 1.807) is 45.3 Å². The maximum absolute atomic E-state index is 13.9. The van der Waals surface area contributed by atoms with Crippen LogP contribution in [0, 0.1) is 5.82 Å². The lowest BCUT2D eigenvalue weighted by Crippen LogP contribution is -2.28. The highest BCUT2D eigenvalue weighted by atomic mass is 19.1. The first-order chi connectivity index (χ1) is 18.6. The fraction of sp³-hybridized carbons (Fsp3) is 0.207. The van der Waals surface area contributed by atoms with E-state index in [4.69, 9.17) is 9.47 Å². The first-order valence-electron chi connectivity index (χ1n) is 12.1. The summed E-state index contributed by atoms with van der Waals surface area (Å²) in [6.45, 7) is 1.60. The molecular formula is C29H26FN3O6. The van der Waals surface area contributed by atoms with Crippen LogP contribution in [-0.4, -0.2) is 53.0 Å². The number of nitrogens with zero attached hydrogens (tertiary/aromatic N) is 3. The monoisotopic (exact) mass is 531 g/mol. The molecule has 0 unspecified atom stereocenters. The molecule has 0 aliphatic rings. The van der Waals surface area contributed by atoms with Crippen LogP contribution in [-0.2, 0) is 18.2 Å². The number of carbonyl (C=O) groups excluding carboxylic acids is 3. The standard InChI is InChI=1S/C29H26FN3O6/c1-5-38-29(37)23-25(39-28(36)18-9-7-6-8-10-18)24-22(33(4)27(23)35)14-17(16-31-24)13-19-11-12-20(30)15-21(19)26(34)32(2)3/h6-12,14-16H,5,13H2,1-4H3. The zero-order valence-corrected chi connectivity index (χ0v) is 21.9. The summed E-state index contributed by atoms with van der Waals surface area (Å²) >= 11 is 0. The van der Waals surface area contributed by atoms with Crippen LogP contribution in [0.1, 0.15) is 49.1 Å². The molecule has 0 radical (unpaired) electrons. The van der Waals surface area contributed by atoms with Crippen LogP contribution < -0.4 is 10.3 Å². The minimum absolute atomic E-state index is 0.00410. The summed E-state index contributed by atoms with van der Waals surface area (Å²) < 4.78 is 25.8. The van der Waals surface area contributed by atoms with E-state index >= 15 is 0 Å². The van der Waals surface area contributed by atoms with Gasteiger partial charge < -0.3 is 18.9 Å². The van der Waals surface area contributed by atoms with E-state index < -0.39 is 28.9 Å². The van der Waals surface area contributed by atoms with E-state index in [1.165, 1.54) is 53.0 Å². The smallest absolute Gasteiger partial charge is 0.347 e. The first kappa shape index (κ1) is 27.2. The van der Waals surface area contributed by atoms with E-state index in [0.29, 0.717) is 11.1 Å². The molecule has 0 N–H and O–H groups in total. The minimum Gasteiger partial charge on any atom is -0.462 e. The Morgan fingerprint density at radius 3 is 2.41 bits per heavy atom. The van der Waals surface area contributed by atoms with E-state index in [0.717, 1.165) is 0 Å². The number of halogens is 1. The van der Waals surface area contributed by atoms with Gasteiger partial charge in [0.25, 0.3) is 11.5 Å². The maximum atomic E-state index is 13.9. The van der Waals surface area contributed by atoms with Gasteiger partial charge in [-0.3, -0.25) is 14.6 Å².